The second-order valence-electron chi connectivity index (χ2n) is 3.23. The number of aromatic nitrogens is 2. The minimum atomic E-state index is -5.64. The summed E-state index contributed by atoms with van der Waals surface area (Å²) in [6, 6.07) is 0. The Balaban J connectivity index is 2.95. The number of amidine groups is 1. The Morgan fingerprint density at radius 3 is 1.95 bits per heavy atom. The molecule has 11 heteroatoms. The molecule has 0 atom stereocenters. The molecule has 0 aromatic carbocycles. The second-order valence-corrected chi connectivity index (χ2v) is 3.23. The molecular formula is C8H6F6N4O. The Bertz CT molecular complexity index is 440. The lowest BCUT2D eigenvalue weighted by Gasteiger charge is -2.22. The van der Waals surface area contributed by atoms with Gasteiger partial charge in [0.1, 0.15) is 11.5 Å². The average molecular weight is 288 g/mol. The number of nitrogens with zero attached hydrogens (tertiary/aromatic N) is 2. The molecule has 0 fully saturated rings. The number of hydrogen-bond acceptors (Lipinski definition) is 4. The van der Waals surface area contributed by atoms with Crippen LogP contribution in [0.3, 0.4) is 0 Å². The van der Waals surface area contributed by atoms with Crippen molar-refractivity contribution in [2.45, 2.75) is 18.5 Å². The van der Waals surface area contributed by atoms with Gasteiger partial charge in [-0.15, -0.1) is 0 Å². The molecule has 0 aliphatic rings. The Hall–Kier alpha value is -2.07. The molecular weight excluding hydrogens is 282 g/mol. The third-order valence-electron chi connectivity index (χ3n) is 1.74. The molecule has 0 amide bonds. The van der Waals surface area contributed by atoms with E-state index in [-0.39, 0.29) is 5.69 Å². The van der Waals surface area contributed by atoms with Gasteiger partial charge >= 0.3 is 12.4 Å². The Kier molecular flexibility index (Phi) is 3.86. The largest absolute Gasteiger partial charge is 0.454 e. The molecule has 1 rings (SSSR count). The van der Waals surface area contributed by atoms with E-state index in [2.05, 4.69) is 14.7 Å². The number of rotatable bonds is 3. The number of ether oxygens (including phenoxy) is 1. The number of nitrogen functional groups attached to an aromatic ring is 1. The quantitative estimate of drug-likeness (QED) is 0.503. The summed E-state index contributed by atoms with van der Waals surface area (Å²) in [6.45, 7) is 0. The molecule has 0 saturated carbocycles. The van der Waals surface area contributed by atoms with Gasteiger partial charge in [-0.2, -0.15) is 26.3 Å². The maximum absolute atomic E-state index is 12.2. The molecule has 0 saturated heterocycles. The third-order valence-corrected chi connectivity index (χ3v) is 1.74. The zero-order valence-electron chi connectivity index (χ0n) is 8.88. The summed E-state index contributed by atoms with van der Waals surface area (Å²) in [5.74, 6) is -1.52. The highest BCUT2D eigenvalue weighted by atomic mass is 19.4. The van der Waals surface area contributed by atoms with Crippen LogP contribution in [-0.2, 0) is 0 Å². The predicted molar refractivity (Wildman–Crippen MR) is 49.6 cm³/mol. The van der Waals surface area contributed by atoms with Gasteiger partial charge in [-0.05, 0) is 0 Å². The summed E-state index contributed by atoms with van der Waals surface area (Å²) < 4.78 is 76.7. The van der Waals surface area contributed by atoms with E-state index in [1.807, 2.05) is 0 Å². The molecule has 1 heterocycles. The van der Waals surface area contributed by atoms with Crippen molar-refractivity contribution in [3.05, 3.63) is 18.1 Å². The first-order valence-corrected chi connectivity index (χ1v) is 4.48. The van der Waals surface area contributed by atoms with Crippen molar-refractivity contribution in [3.63, 3.8) is 0 Å². The van der Waals surface area contributed by atoms with Crippen LogP contribution >= 0.6 is 0 Å². The topological polar surface area (TPSA) is 84.9 Å². The highest BCUT2D eigenvalue weighted by Crippen LogP contribution is 2.35. The SMILES string of the molecule is N=C(N)c1cnc(OC(C(F)(F)F)C(F)(F)F)cn1. The molecule has 1 aromatic heterocycles. The van der Waals surface area contributed by atoms with Crippen LogP contribution < -0.4 is 10.5 Å². The van der Waals surface area contributed by atoms with E-state index in [4.69, 9.17) is 11.1 Å². The van der Waals surface area contributed by atoms with Gasteiger partial charge in [0.05, 0.1) is 12.4 Å². The predicted octanol–water partition coefficient (Wildman–Crippen LogP) is 1.63. The highest BCUT2D eigenvalue weighted by molar-refractivity contribution is 5.92. The van der Waals surface area contributed by atoms with Crippen LogP contribution in [0.1, 0.15) is 5.69 Å². The van der Waals surface area contributed by atoms with Crippen LogP contribution in [-0.4, -0.2) is 34.3 Å². The number of nitrogens with one attached hydrogen (secondary N) is 1. The lowest BCUT2D eigenvalue weighted by atomic mass is 10.3. The van der Waals surface area contributed by atoms with Crippen molar-refractivity contribution >= 4 is 5.84 Å². The minimum Gasteiger partial charge on any atom is -0.454 e. The monoisotopic (exact) mass is 288 g/mol. The van der Waals surface area contributed by atoms with Crippen molar-refractivity contribution in [2.75, 3.05) is 0 Å². The second kappa shape index (κ2) is 4.90. The van der Waals surface area contributed by atoms with Crippen LogP contribution in [0.15, 0.2) is 12.4 Å². The summed E-state index contributed by atoms with van der Waals surface area (Å²) in [7, 11) is 0. The van der Waals surface area contributed by atoms with E-state index in [9.17, 15) is 26.3 Å². The average Bonchev–Trinajstić information content (AvgIpc) is 2.23. The van der Waals surface area contributed by atoms with Gasteiger partial charge in [0.2, 0.25) is 5.88 Å². The van der Waals surface area contributed by atoms with E-state index < -0.39 is 30.2 Å². The third kappa shape index (κ3) is 3.96. The first-order chi connectivity index (χ1) is 8.51. The molecule has 0 bridgehead atoms. The van der Waals surface area contributed by atoms with Crippen molar-refractivity contribution in [1.29, 1.82) is 5.41 Å². The first-order valence-electron chi connectivity index (χ1n) is 4.48. The van der Waals surface area contributed by atoms with E-state index in [0.29, 0.717) is 6.20 Å². The Labute approximate surface area is 101 Å². The summed E-state index contributed by atoms with van der Waals surface area (Å²) in [4.78, 5) is 6.48. The van der Waals surface area contributed by atoms with Gasteiger partial charge in [0.15, 0.2) is 0 Å². The number of nitrogens with two attached hydrogens (primary N) is 1. The van der Waals surface area contributed by atoms with Gasteiger partial charge in [0.25, 0.3) is 6.10 Å². The van der Waals surface area contributed by atoms with Crippen molar-refractivity contribution in [2.24, 2.45) is 5.73 Å². The van der Waals surface area contributed by atoms with Gasteiger partial charge < -0.3 is 10.5 Å². The summed E-state index contributed by atoms with van der Waals surface area (Å²) in [6.07, 6.45) is -14.0. The molecule has 1 aromatic rings. The van der Waals surface area contributed by atoms with Crippen molar-refractivity contribution < 1.29 is 31.1 Å². The van der Waals surface area contributed by atoms with Crippen molar-refractivity contribution in [1.82, 2.24) is 9.97 Å². The lowest BCUT2D eigenvalue weighted by molar-refractivity contribution is -0.300. The molecule has 5 nitrogen and oxygen atoms in total. The molecule has 0 aliphatic heterocycles. The van der Waals surface area contributed by atoms with Crippen LogP contribution in [0.2, 0.25) is 0 Å². The van der Waals surface area contributed by atoms with E-state index in [1.165, 1.54) is 0 Å². The molecule has 0 spiro atoms. The summed E-state index contributed by atoms with van der Waals surface area (Å²) >= 11 is 0. The van der Waals surface area contributed by atoms with Crippen LogP contribution in [0.4, 0.5) is 26.3 Å². The van der Waals surface area contributed by atoms with Crippen molar-refractivity contribution in [3.8, 4) is 5.88 Å². The molecule has 19 heavy (non-hydrogen) atoms. The fourth-order valence-electron chi connectivity index (χ4n) is 0.956. The molecule has 0 unspecified atom stereocenters. The Morgan fingerprint density at radius 1 is 1.11 bits per heavy atom. The lowest BCUT2D eigenvalue weighted by Crippen LogP contribution is -2.46. The maximum Gasteiger partial charge on any atom is 0.434 e. The number of hydrogen-bond donors (Lipinski definition) is 2. The normalized spacial score (nSPS) is 12.6. The smallest absolute Gasteiger partial charge is 0.434 e. The fraction of sp³-hybridized carbons (Fsp3) is 0.375. The fourth-order valence-corrected chi connectivity index (χ4v) is 0.956. The minimum absolute atomic E-state index is 0.206. The van der Waals surface area contributed by atoms with Crippen LogP contribution in [0.25, 0.3) is 0 Å². The standard InChI is InChI=1S/C8H6F6N4O/c9-7(10,11)6(8(12,13)14)19-4-2-17-3(1-18-4)5(15)16/h1-2,6H,(H3,15,16). The maximum atomic E-state index is 12.2. The number of alkyl halides is 6. The first kappa shape index (κ1) is 15.0. The van der Waals surface area contributed by atoms with Gasteiger partial charge in [-0.25, -0.2) is 9.97 Å². The zero-order chi connectivity index (χ0) is 14.8. The Morgan fingerprint density at radius 2 is 1.63 bits per heavy atom. The van der Waals surface area contributed by atoms with Gasteiger partial charge in [-0.3, -0.25) is 5.41 Å². The van der Waals surface area contributed by atoms with Crippen LogP contribution in [0.5, 0.6) is 5.88 Å². The van der Waals surface area contributed by atoms with E-state index >= 15 is 0 Å². The van der Waals surface area contributed by atoms with E-state index in [1.54, 1.807) is 0 Å². The molecule has 3 N–H and O–H groups in total. The zero-order valence-corrected chi connectivity index (χ0v) is 8.88. The molecule has 0 radical (unpaired) electrons. The summed E-state index contributed by atoms with van der Waals surface area (Å²) in [5.41, 5.74) is 4.78. The van der Waals surface area contributed by atoms with Gasteiger partial charge in [0, 0.05) is 0 Å². The van der Waals surface area contributed by atoms with Crippen LogP contribution in [0, 0.1) is 5.41 Å². The molecule has 0 aliphatic carbocycles. The molecule has 106 valence electrons. The van der Waals surface area contributed by atoms with E-state index in [0.717, 1.165) is 6.20 Å². The summed E-state index contributed by atoms with van der Waals surface area (Å²) in [5, 5.41) is 6.92. The number of halogens is 6. The highest BCUT2D eigenvalue weighted by Gasteiger charge is 2.59. The van der Waals surface area contributed by atoms with Gasteiger partial charge in [-0.1, -0.05) is 0 Å².